The molecule has 1 aliphatic heterocycles. The standard InChI is InChI=1S/C14H20F2N2/c1-11(14(15)16)17-13-6-4-12(5-7-13)10-18-8-2-3-9-18/h4-7,11,14,17H,2-3,8-10H2,1H3. The van der Waals surface area contributed by atoms with Gasteiger partial charge in [0, 0.05) is 12.2 Å². The summed E-state index contributed by atoms with van der Waals surface area (Å²) < 4.78 is 24.8. The number of hydrogen-bond acceptors (Lipinski definition) is 2. The van der Waals surface area contributed by atoms with E-state index in [-0.39, 0.29) is 0 Å². The third kappa shape index (κ3) is 3.67. The number of alkyl halides is 2. The number of halogens is 2. The molecule has 1 N–H and O–H groups in total. The predicted octanol–water partition coefficient (Wildman–Crippen LogP) is 3.35. The summed E-state index contributed by atoms with van der Waals surface area (Å²) in [5, 5.41) is 2.80. The second-order valence-corrected chi connectivity index (χ2v) is 4.95. The molecule has 1 aromatic carbocycles. The monoisotopic (exact) mass is 254 g/mol. The van der Waals surface area contributed by atoms with E-state index in [1.807, 2.05) is 24.3 Å². The van der Waals surface area contributed by atoms with Gasteiger partial charge in [0.15, 0.2) is 0 Å². The summed E-state index contributed by atoms with van der Waals surface area (Å²) in [5.74, 6) is 0. The molecule has 0 aliphatic carbocycles. The first-order valence-electron chi connectivity index (χ1n) is 6.51. The molecule has 1 heterocycles. The van der Waals surface area contributed by atoms with Crippen molar-refractivity contribution in [2.45, 2.75) is 38.8 Å². The smallest absolute Gasteiger partial charge is 0.258 e. The van der Waals surface area contributed by atoms with Crippen LogP contribution in [0.1, 0.15) is 25.3 Å². The molecule has 100 valence electrons. The van der Waals surface area contributed by atoms with Gasteiger partial charge in [0.05, 0.1) is 6.04 Å². The van der Waals surface area contributed by atoms with Gasteiger partial charge in [-0.05, 0) is 50.6 Å². The molecule has 0 aromatic heterocycles. The average Bonchev–Trinajstić information content (AvgIpc) is 2.84. The van der Waals surface area contributed by atoms with Gasteiger partial charge in [-0.15, -0.1) is 0 Å². The number of nitrogens with zero attached hydrogens (tertiary/aromatic N) is 1. The van der Waals surface area contributed by atoms with Crippen molar-refractivity contribution in [2.75, 3.05) is 18.4 Å². The molecule has 18 heavy (non-hydrogen) atoms. The van der Waals surface area contributed by atoms with Gasteiger partial charge in [-0.2, -0.15) is 0 Å². The molecule has 0 amide bonds. The van der Waals surface area contributed by atoms with E-state index in [0.717, 1.165) is 12.2 Å². The Labute approximate surface area is 107 Å². The van der Waals surface area contributed by atoms with Crippen LogP contribution >= 0.6 is 0 Å². The SMILES string of the molecule is CC(Nc1ccc(CN2CCCC2)cc1)C(F)F. The quantitative estimate of drug-likeness (QED) is 0.867. The molecule has 1 saturated heterocycles. The van der Waals surface area contributed by atoms with Crippen molar-refractivity contribution in [3.05, 3.63) is 29.8 Å². The summed E-state index contributed by atoms with van der Waals surface area (Å²) in [6, 6.07) is 6.97. The molecule has 0 saturated carbocycles. The summed E-state index contributed by atoms with van der Waals surface area (Å²) in [6.45, 7) is 4.79. The fraction of sp³-hybridized carbons (Fsp3) is 0.571. The highest BCUT2D eigenvalue weighted by atomic mass is 19.3. The molecule has 1 atom stereocenters. The lowest BCUT2D eigenvalue weighted by Gasteiger charge is -2.16. The van der Waals surface area contributed by atoms with Crippen molar-refractivity contribution in [2.24, 2.45) is 0 Å². The maximum Gasteiger partial charge on any atom is 0.258 e. The van der Waals surface area contributed by atoms with Crippen LogP contribution in [-0.4, -0.2) is 30.5 Å². The summed E-state index contributed by atoms with van der Waals surface area (Å²) in [7, 11) is 0. The first-order valence-corrected chi connectivity index (χ1v) is 6.51. The summed E-state index contributed by atoms with van der Waals surface area (Å²) in [4.78, 5) is 2.42. The maximum atomic E-state index is 12.4. The van der Waals surface area contributed by atoms with E-state index in [1.54, 1.807) is 0 Å². The Morgan fingerprint density at radius 2 is 1.78 bits per heavy atom. The molecule has 1 fully saturated rings. The van der Waals surface area contributed by atoms with Crippen LogP contribution in [0.3, 0.4) is 0 Å². The van der Waals surface area contributed by atoms with E-state index in [4.69, 9.17) is 0 Å². The number of anilines is 1. The third-order valence-electron chi connectivity index (χ3n) is 3.33. The Morgan fingerprint density at radius 3 is 2.33 bits per heavy atom. The molecule has 1 unspecified atom stereocenters. The first-order chi connectivity index (χ1) is 8.65. The van der Waals surface area contributed by atoms with Crippen molar-refractivity contribution >= 4 is 5.69 Å². The molecule has 0 radical (unpaired) electrons. The Kier molecular flexibility index (Phi) is 4.53. The van der Waals surface area contributed by atoms with Gasteiger partial charge >= 0.3 is 0 Å². The van der Waals surface area contributed by atoms with Gasteiger partial charge in [-0.1, -0.05) is 12.1 Å². The minimum Gasteiger partial charge on any atom is -0.377 e. The van der Waals surface area contributed by atoms with E-state index in [0.29, 0.717) is 0 Å². The lowest BCUT2D eigenvalue weighted by molar-refractivity contribution is 0.131. The maximum absolute atomic E-state index is 12.4. The summed E-state index contributed by atoms with van der Waals surface area (Å²) in [6.07, 6.45) is 0.228. The summed E-state index contributed by atoms with van der Waals surface area (Å²) >= 11 is 0. The molecule has 2 nitrogen and oxygen atoms in total. The molecule has 0 bridgehead atoms. The molecule has 0 spiro atoms. The highest BCUT2D eigenvalue weighted by molar-refractivity contribution is 5.45. The molecule has 4 heteroatoms. The van der Waals surface area contributed by atoms with E-state index in [1.165, 1.54) is 38.4 Å². The van der Waals surface area contributed by atoms with Crippen LogP contribution in [0.4, 0.5) is 14.5 Å². The lowest BCUT2D eigenvalue weighted by atomic mass is 10.2. The lowest BCUT2D eigenvalue weighted by Crippen LogP contribution is -2.23. The van der Waals surface area contributed by atoms with Crippen LogP contribution in [0.25, 0.3) is 0 Å². The van der Waals surface area contributed by atoms with E-state index in [2.05, 4.69) is 10.2 Å². The zero-order chi connectivity index (χ0) is 13.0. The van der Waals surface area contributed by atoms with E-state index >= 15 is 0 Å². The van der Waals surface area contributed by atoms with Gasteiger partial charge in [-0.3, -0.25) is 4.90 Å². The highest BCUT2D eigenvalue weighted by Crippen LogP contribution is 2.16. The molecule has 2 rings (SSSR count). The van der Waals surface area contributed by atoms with Gasteiger partial charge in [0.2, 0.25) is 0 Å². The molecular weight excluding hydrogens is 234 g/mol. The van der Waals surface area contributed by atoms with Crippen molar-refractivity contribution in [3.8, 4) is 0 Å². The van der Waals surface area contributed by atoms with Crippen molar-refractivity contribution < 1.29 is 8.78 Å². The fourth-order valence-corrected chi connectivity index (χ4v) is 2.23. The van der Waals surface area contributed by atoms with E-state index < -0.39 is 12.5 Å². The number of nitrogens with one attached hydrogen (secondary N) is 1. The number of likely N-dealkylation sites (tertiary alicyclic amines) is 1. The average molecular weight is 254 g/mol. The number of hydrogen-bond donors (Lipinski definition) is 1. The minimum absolute atomic E-state index is 0.757. The van der Waals surface area contributed by atoms with Crippen molar-refractivity contribution in [3.63, 3.8) is 0 Å². The molecule has 1 aliphatic rings. The molecule has 1 aromatic rings. The summed E-state index contributed by atoms with van der Waals surface area (Å²) in [5.41, 5.74) is 2.00. The Bertz CT molecular complexity index is 336. The Hall–Kier alpha value is -1.16. The topological polar surface area (TPSA) is 15.3 Å². The van der Waals surface area contributed by atoms with Gasteiger partial charge in [0.25, 0.3) is 6.43 Å². The second kappa shape index (κ2) is 6.14. The van der Waals surface area contributed by atoms with Crippen LogP contribution < -0.4 is 5.32 Å². The van der Waals surface area contributed by atoms with Crippen LogP contribution in [0.5, 0.6) is 0 Å². The second-order valence-electron chi connectivity index (χ2n) is 4.95. The minimum atomic E-state index is -2.34. The van der Waals surface area contributed by atoms with Gasteiger partial charge in [-0.25, -0.2) is 8.78 Å². The van der Waals surface area contributed by atoms with E-state index in [9.17, 15) is 8.78 Å². The van der Waals surface area contributed by atoms with Crippen molar-refractivity contribution in [1.82, 2.24) is 4.90 Å². The normalized spacial score (nSPS) is 18.2. The number of rotatable bonds is 5. The van der Waals surface area contributed by atoms with Gasteiger partial charge in [0.1, 0.15) is 0 Å². The van der Waals surface area contributed by atoms with Crippen molar-refractivity contribution in [1.29, 1.82) is 0 Å². The van der Waals surface area contributed by atoms with Crippen LogP contribution in [0.15, 0.2) is 24.3 Å². The zero-order valence-corrected chi connectivity index (χ0v) is 10.7. The van der Waals surface area contributed by atoms with Gasteiger partial charge < -0.3 is 5.32 Å². The first kappa shape index (κ1) is 13.3. The third-order valence-corrected chi connectivity index (χ3v) is 3.33. The van der Waals surface area contributed by atoms with Crippen LogP contribution in [0, 0.1) is 0 Å². The van der Waals surface area contributed by atoms with Crippen LogP contribution in [0.2, 0.25) is 0 Å². The van der Waals surface area contributed by atoms with Crippen LogP contribution in [-0.2, 0) is 6.54 Å². The largest absolute Gasteiger partial charge is 0.377 e. The Morgan fingerprint density at radius 1 is 1.17 bits per heavy atom. The Balaban J connectivity index is 1.88. The zero-order valence-electron chi connectivity index (χ0n) is 10.7. The highest BCUT2D eigenvalue weighted by Gasteiger charge is 2.14. The molecular formula is C14H20F2N2. The predicted molar refractivity (Wildman–Crippen MR) is 70.0 cm³/mol. The number of benzene rings is 1. The fourth-order valence-electron chi connectivity index (χ4n) is 2.23.